The molecule has 6 rings (SSSR count). The van der Waals surface area contributed by atoms with Crippen LogP contribution in [0.2, 0.25) is 0 Å². The van der Waals surface area contributed by atoms with Crippen LogP contribution in [-0.2, 0) is 33.7 Å². The Morgan fingerprint density at radius 1 is 0.862 bits per heavy atom. The van der Waals surface area contributed by atoms with E-state index in [1.54, 1.807) is 26.7 Å². The van der Waals surface area contributed by atoms with Gasteiger partial charge in [0.1, 0.15) is 0 Å². The molecule has 1 heterocycles. The van der Waals surface area contributed by atoms with Gasteiger partial charge >= 0.3 is 37.9 Å². The molecule has 0 nitrogen and oxygen atoms in total. The van der Waals surface area contributed by atoms with Crippen molar-refractivity contribution in [2.24, 2.45) is 0 Å². The van der Waals surface area contributed by atoms with Crippen molar-refractivity contribution in [2.75, 3.05) is 0 Å². The first-order valence-corrected chi connectivity index (χ1v) is 17.4. The van der Waals surface area contributed by atoms with Crippen LogP contribution in [-0.4, -0.2) is 0 Å². The molecule has 1 aliphatic carbocycles. The molecule has 0 saturated carbocycles. The fourth-order valence-electron chi connectivity index (χ4n) is 4.21. The zero-order valence-corrected chi connectivity index (χ0v) is 20.8. The molecule has 4 aromatic carbocycles. The molecule has 0 fully saturated rings. The molecule has 0 saturated heterocycles. The summed E-state index contributed by atoms with van der Waals surface area (Å²) < 4.78 is 0. The van der Waals surface area contributed by atoms with Crippen LogP contribution in [0.3, 0.4) is 0 Å². The van der Waals surface area contributed by atoms with Gasteiger partial charge in [-0.2, -0.15) is 24.3 Å². The van der Waals surface area contributed by atoms with Crippen molar-refractivity contribution in [3.05, 3.63) is 102 Å². The van der Waals surface area contributed by atoms with Crippen LogP contribution in [0.5, 0.6) is 0 Å². The van der Waals surface area contributed by atoms with Gasteiger partial charge in [0.25, 0.3) is 0 Å². The molecule has 0 radical (unpaired) electrons. The Morgan fingerprint density at radius 2 is 1.59 bits per heavy atom. The Labute approximate surface area is 191 Å². The van der Waals surface area contributed by atoms with E-state index < -0.39 is 20.8 Å². The van der Waals surface area contributed by atoms with E-state index in [4.69, 9.17) is 17.0 Å². The molecule has 1 atom stereocenters. The number of hydrogen-bond donors (Lipinski definition) is 0. The number of rotatable bonds is 1. The topological polar surface area (TPSA) is 0 Å². The van der Waals surface area contributed by atoms with Gasteiger partial charge in [-0.1, -0.05) is 35.6 Å². The SMILES string of the molecule is [Cl][Zr+2][Cl].c1cc[cH-]c1.c1ccc2[cH-]c(-p3c4c(c5ccccc53)CCC4)cc2c1. The van der Waals surface area contributed by atoms with E-state index >= 15 is 0 Å². The Balaban J connectivity index is 0.000000218. The fraction of sp³-hybridized carbons (Fsp3) is 0.120. The predicted molar refractivity (Wildman–Crippen MR) is 127 cm³/mol. The number of benzene rings is 2. The summed E-state index contributed by atoms with van der Waals surface area (Å²) in [6, 6.07) is 32.7. The summed E-state index contributed by atoms with van der Waals surface area (Å²) in [6.07, 6.45) is 3.93. The van der Waals surface area contributed by atoms with E-state index in [1.165, 1.54) is 30.0 Å². The quantitative estimate of drug-likeness (QED) is 0.196. The van der Waals surface area contributed by atoms with Gasteiger partial charge in [0.2, 0.25) is 0 Å². The third-order valence-electron chi connectivity index (χ3n) is 5.35. The van der Waals surface area contributed by atoms with E-state index in [2.05, 4.69) is 60.7 Å². The fourth-order valence-corrected chi connectivity index (χ4v) is 7.20. The van der Waals surface area contributed by atoms with Crippen LogP contribution in [0.4, 0.5) is 0 Å². The third-order valence-corrected chi connectivity index (χ3v) is 8.02. The van der Waals surface area contributed by atoms with E-state index in [-0.39, 0.29) is 7.53 Å². The van der Waals surface area contributed by atoms with Crippen molar-refractivity contribution in [1.29, 1.82) is 0 Å². The monoisotopic (exact) mass is 512 g/mol. The summed E-state index contributed by atoms with van der Waals surface area (Å²) in [5.41, 5.74) is 1.67. The second-order valence-electron chi connectivity index (χ2n) is 7.01. The molecule has 5 aromatic rings. The van der Waals surface area contributed by atoms with Gasteiger partial charge in [-0.05, 0) is 35.5 Å². The minimum atomic E-state index is -0.826. The van der Waals surface area contributed by atoms with Gasteiger partial charge in [-0.3, -0.25) is 0 Å². The summed E-state index contributed by atoms with van der Waals surface area (Å²) in [6.45, 7) is 0. The number of hydrogen-bond acceptors (Lipinski definition) is 0. The minimum Gasteiger partial charge on any atom is -0.214 e. The van der Waals surface area contributed by atoms with Gasteiger partial charge < -0.3 is 0 Å². The predicted octanol–water partition coefficient (Wildman–Crippen LogP) is 8.96. The summed E-state index contributed by atoms with van der Waals surface area (Å²) in [5.74, 6) is 0. The molecular weight excluding hydrogens is 493 g/mol. The van der Waals surface area contributed by atoms with Gasteiger partial charge in [0, 0.05) is 5.12 Å². The molecule has 1 aromatic heterocycles. The largest absolute Gasteiger partial charge is 0.214 e. The summed E-state index contributed by atoms with van der Waals surface area (Å²) >= 11 is -0.826. The molecule has 0 spiro atoms. The first-order valence-electron chi connectivity index (χ1n) is 9.73. The maximum atomic E-state index is 4.93. The molecular formula is C25H21Cl2PZr. The Hall–Kier alpha value is -1.10. The van der Waals surface area contributed by atoms with E-state index in [0.29, 0.717) is 0 Å². The number of aryl methyl sites for hydroxylation is 1. The molecule has 29 heavy (non-hydrogen) atoms. The van der Waals surface area contributed by atoms with Crippen molar-refractivity contribution >= 4 is 45.8 Å². The summed E-state index contributed by atoms with van der Waals surface area (Å²) in [4.78, 5) is 0. The molecule has 0 N–H and O–H groups in total. The Morgan fingerprint density at radius 3 is 2.31 bits per heavy atom. The Bertz CT molecular complexity index is 1130. The molecule has 1 unspecified atom stereocenters. The minimum absolute atomic E-state index is 0.264. The Kier molecular flexibility index (Phi) is 7.50. The summed E-state index contributed by atoms with van der Waals surface area (Å²) in [5, 5.41) is 9.21. The van der Waals surface area contributed by atoms with Gasteiger partial charge in [-0.25, -0.2) is 12.1 Å². The van der Waals surface area contributed by atoms with Crippen LogP contribution in [0.25, 0.3) is 26.6 Å². The van der Waals surface area contributed by atoms with Crippen LogP contribution < -0.4 is 0 Å². The van der Waals surface area contributed by atoms with Crippen molar-refractivity contribution in [3.63, 3.8) is 0 Å². The number of halogens is 2. The van der Waals surface area contributed by atoms with Crippen molar-refractivity contribution in [2.45, 2.75) is 19.3 Å². The van der Waals surface area contributed by atoms with Crippen molar-refractivity contribution < 1.29 is 20.8 Å². The van der Waals surface area contributed by atoms with Gasteiger partial charge in [-0.15, -0.1) is 42.6 Å². The zero-order valence-electron chi connectivity index (χ0n) is 16.0. The third kappa shape index (κ3) is 4.65. The second-order valence-corrected chi connectivity index (χ2v) is 12.9. The molecule has 0 bridgehead atoms. The van der Waals surface area contributed by atoms with Crippen molar-refractivity contribution in [1.82, 2.24) is 0 Å². The second kappa shape index (κ2) is 10.3. The van der Waals surface area contributed by atoms with Crippen LogP contribution >= 0.6 is 24.6 Å². The summed E-state index contributed by atoms with van der Waals surface area (Å²) in [7, 11) is 9.60. The molecule has 144 valence electrons. The number of fused-ring (bicyclic) bond motifs is 4. The van der Waals surface area contributed by atoms with Crippen LogP contribution in [0, 0.1) is 0 Å². The van der Waals surface area contributed by atoms with Crippen LogP contribution in [0.1, 0.15) is 17.3 Å². The van der Waals surface area contributed by atoms with E-state index in [0.717, 1.165) is 0 Å². The van der Waals surface area contributed by atoms with Crippen LogP contribution in [0.15, 0.2) is 91.0 Å². The average Bonchev–Trinajstić information content (AvgIpc) is 3.53. The van der Waals surface area contributed by atoms with Gasteiger partial charge in [0.15, 0.2) is 0 Å². The van der Waals surface area contributed by atoms with E-state index in [1.807, 2.05) is 30.3 Å². The maximum Gasteiger partial charge on any atom is 0.00467 e. The normalized spacial score (nSPS) is 12.6. The smallest absolute Gasteiger partial charge is 0.00467 e. The first kappa shape index (κ1) is 21.1. The van der Waals surface area contributed by atoms with Gasteiger partial charge in [0.05, 0.1) is 0 Å². The standard InChI is InChI=1S/C20H16P.C5H5.2ClH.Zr/c1-2-7-15-13-16(12-14(15)6-1)21-19-10-4-3-8-17(19)18-9-5-11-20(18)21;1-2-4-5-3-1;;;/h1-4,6-8,10,12-13H,5,9,11H2;1-5H;2*1H;/q2*-1;;;+4/p-2. The first-order chi connectivity index (χ1) is 14.3. The molecule has 0 amide bonds. The van der Waals surface area contributed by atoms with E-state index in [9.17, 15) is 0 Å². The van der Waals surface area contributed by atoms with Crippen molar-refractivity contribution in [3.8, 4) is 5.30 Å². The molecule has 1 aliphatic rings. The zero-order chi connectivity index (χ0) is 20.1. The molecule has 0 aliphatic heterocycles. The molecule has 4 heteroatoms. The average molecular weight is 515 g/mol. The maximum absolute atomic E-state index is 4.93.